The van der Waals surface area contributed by atoms with Crippen molar-refractivity contribution >= 4 is 0 Å². The summed E-state index contributed by atoms with van der Waals surface area (Å²) >= 11 is 0. The predicted octanol–water partition coefficient (Wildman–Crippen LogP) is 3.41. The number of aryl methyl sites for hydroxylation is 1. The molecule has 0 N–H and O–H groups in total. The molecule has 1 aliphatic heterocycles. The zero-order chi connectivity index (χ0) is 16.4. The second-order valence-corrected chi connectivity index (χ2v) is 6.25. The normalized spacial score (nSPS) is 16.5. The van der Waals surface area contributed by atoms with E-state index in [4.69, 9.17) is 8.94 Å². The molecule has 0 bridgehead atoms. The van der Waals surface area contributed by atoms with Gasteiger partial charge in [-0.2, -0.15) is 4.98 Å². The first kappa shape index (κ1) is 15.1. The third-order valence-corrected chi connectivity index (χ3v) is 4.60. The van der Waals surface area contributed by atoms with Crippen molar-refractivity contribution in [1.82, 2.24) is 20.0 Å². The molecular weight excluding hydrogens is 304 g/mol. The van der Waals surface area contributed by atoms with Crippen molar-refractivity contribution in [3.05, 3.63) is 54.1 Å². The van der Waals surface area contributed by atoms with Crippen molar-refractivity contribution < 1.29 is 8.94 Å². The van der Waals surface area contributed by atoms with E-state index in [2.05, 4.69) is 33.0 Å². The standard InChI is InChI=1S/C18H20N4O2/c1-13-4-2-3-5-15(13)17-20-16(24-21-17)12-22-9-6-14(7-10-22)18-19-8-11-23-18/h2-5,8,11,14H,6-7,9-10,12H2,1H3. The highest BCUT2D eigenvalue weighted by molar-refractivity contribution is 5.58. The van der Waals surface area contributed by atoms with Gasteiger partial charge in [0.15, 0.2) is 5.89 Å². The maximum atomic E-state index is 5.44. The highest BCUT2D eigenvalue weighted by Crippen LogP contribution is 2.27. The van der Waals surface area contributed by atoms with Gasteiger partial charge in [-0.1, -0.05) is 29.4 Å². The summed E-state index contributed by atoms with van der Waals surface area (Å²) < 4.78 is 10.9. The Morgan fingerprint density at radius 1 is 1.21 bits per heavy atom. The van der Waals surface area contributed by atoms with E-state index in [1.807, 2.05) is 18.2 Å². The maximum absolute atomic E-state index is 5.44. The monoisotopic (exact) mass is 324 g/mol. The molecule has 6 heteroatoms. The zero-order valence-electron chi connectivity index (χ0n) is 13.7. The lowest BCUT2D eigenvalue weighted by atomic mass is 9.97. The van der Waals surface area contributed by atoms with E-state index >= 15 is 0 Å². The van der Waals surface area contributed by atoms with Crippen LogP contribution in [-0.4, -0.2) is 33.1 Å². The molecule has 0 radical (unpaired) electrons. The molecule has 0 aliphatic carbocycles. The molecule has 0 unspecified atom stereocenters. The molecule has 3 aromatic rings. The van der Waals surface area contributed by atoms with Gasteiger partial charge >= 0.3 is 0 Å². The van der Waals surface area contributed by atoms with Crippen molar-refractivity contribution in [2.24, 2.45) is 0 Å². The Bertz CT molecular complexity index is 789. The Morgan fingerprint density at radius 3 is 2.79 bits per heavy atom. The van der Waals surface area contributed by atoms with Crippen molar-refractivity contribution in [3.8, 4) is 11.4 Å². The molecule has 0 atom stereocenters. The smallest absolute Gasteiger partial charge is 0.241 e. The van der Waals surface area contributed by atoms with Gasteiger partial charge < -0.3 is 8.94 Å². The van der Waals surface area contributed by atoms with Crippen LogP contribution in [0.3, 0.4) is 0 Å². The third kappa shape index (κ3) is 3.10. The van der Waals surface area contributed by atoms with Gasteiger partial charge in [0.05, 0.1) is 12.7 Å². The van der Waals surface area contributed by atoms with Gasteiger partial charge in [0, 0.05) is 11.5 Å². The van der Waals surface area contributed by atoms with Crippen LogP contribution in [-0.2, 0) is 6.54 Å². The molecular formula is C18H20N4O2. The summed E-state index contributed by atoms with van der Waals surface area (Å²) in [6.07, 6.45) is 5.44. The first-order valence-corrected chi connectivity index (χ1v) is 8.30. The van der Waals surface area contributed by atoms with E-state index in [1.165, 1.54) is 0 Å². The average Bonchev–Trinajstić information content (AvgIpc) is 3.28. The number of benzene rings is 1. The third-order valence-electron chi connectivity index (χ3n) is 4.60. The van der Waals surface area contributed by atoms with Gasteiger partial charge in [0.25, 0.3) is 0 Å². The quantitative estimate of drug-likeness (QED) is 0.732. The number of nitrogens with zero attached hydrogens (tertiary/aromatic N) is 4. The molecule has 6 nitrogen and oxygen atoms in total. The van der Waals surface area contributed by atoms with Crippen molar-refractivity contribution in [2.45, 2.75) is 32.2 Å². The molecule has 1 saturated heterocycles. The highest BCUT2D eigenvalue weighted by Gasteiger charge is 2.24. The van der Waals surface area contributed by atoms with Gasteiger partial charge in [-0.05, 0) is 38.4 Å². The number of oxazole rings is 1. The topological polar surface area (TPSA) is 68.2 Å². The second-order valence-electron chi connectivity index (χ2n) is 6.25. The van der Waals surface area contributed by atoms with Gasteiger partial charge in [-0.3, -0.25) is 4.90 Å². The van der Waals surface area contributed by atoms with Gasteiger partial charge in [-0.25, -0.2) is 4.98 Å². The summed E-state index contributed by atoms with van der Waals surface area (Å²) in [7, 11) is 0. The first-order valence-electron chi connectivity index (χ1n) is 8.30. The summed E-state index contributed by atoms with van der Waals surface area (Å²) in [6.45, 7) is 4.71. The van der Waals surface area contributed by atoms with E-state index in [9.17, 15) is 0 Å². The van der Waals surface area contributed by atoms with Crippen LogP contribution in [0.15, 0.2) is 45.7 Å². The van der Waals surface area contributed by atoms with E-state index in [-0.39, 0.29) is 0 Å². The van der Waals surface area contributed by atoms with E-state index in [1.54, 1.807) is 12.5 Å². The number of rotatable bonds is 4. The fraction of sp³-hybridized carbons (Fsp3) is 0.389. The molecule has 2 aromatic heterocycles. The van der Waals surface area contributed by atoms with E-state index < -0.39 is 0 Å². The Morgan fingerprint density at radius 2 is 2.04 bits per heavy atom. The highest BCUT2D eigenvalue weighted by atomic mass is 16.5. The Kier molecular flexibility index (Phi) is 4.13. The molecule has 0 amide bonds. The minimum Gasteiger partial charge on any atom is -0.449 e. The van der Waals surface area contributed by atoms with Crippen LogP contribution in [0.1, 0.15) is 36.1 Å². The fourth-order valence-electron chi connectivity index (χ4n) is 3.22. The number of hydrogen-bond acceptors (Lipinski definition) is 6. The molecule has 24 heavy (non-hydrogen) atoms. The Labute approximate surface area is 140 Å². The summed E-state index contributed by atoms with van der Waals surface area (Å²) in [6, 6.07) is 8.08. The molecule has 4 rings (SSSR count). The fourth-order valence-corrected chi connectivity index (χ4v) is 3.22. The molecule has 0 saturated carbocycles. The second kappa shape index (κ2) is 6.57. The maximum Gasteiger partial charge on any atom is 0.241 e. The van der Waals surface area contributed by atoms with Crippen LogP contribution in [0.25, 0.3) is 11.4 Å². The zero-order valence-corrected chi connectivity index (χ0v) is 13.7. The van der Waals surface area contributed by atoms with Crippen molar-refractivity contribution in [2.75, 3.05) is 13.1 Å². The molecule has 1 fully saturated rings. The average molecular weight is 324 g/mol. The lowest BCUT2D eigenvalue weighted by Gasteiger charge is -2.29. The van der Waals surface area contributed by atoms with Crippen molar-refractivity contribution in [3.63, 3.8) is 0 Å². The van der Waals surface area contributed by atoms with Crippen LogP contribution in [0.2, 0.25) is 0 Å². The molecule has 0 spiro atoms. The molecule has 124 valence electrons. The lowest BCUT2D eigenvalue weighted by Crippen LogP contribution is -2.32. The molecule has 1 aromatic carbocycles. The first-order chi connectivity index (χ1) is 11.8. The molecule has 3 heterocycles. The van der Waals surface area contributed by atoms with Crippen LogP contribution in [0.4, 0.5) is 0 Å². The van der Waals surface area contributed by atoms with Crippen LogP contribution < -0.4 is 0 Å². The SMILES string of the molecule is Cc1ccccc1-c1noc(CN2CCC(c3ncco3)CC2)n1. The minimum absolute atomic E-state index is 0.418. The Balaban J connectivity index is 1.38. The van der Waals surface area contributed by atoms with E-state index in [0.717, 1.165) is 42.9 Å². The largest absolute Gasteiger partial charge is 0.449 e. The van der Waals surface area contributed by atoms with E-state index in [0.29, 0.717) is 24.2 Å². The number of piperidine rings is 1. The number of likely N-dealkylation sites (tertiary alicyclic amines) is 1. The summed E-state index contributed by atoms with van der Waals surface area (Å²) in [5, 5.41) is 4.13. The Hall–Kier alpha value is -2.47. The number of hydrogen-bond donors (Lipinski definition) is 0. The predicted molar refractivity (Wildman–Crippen MR) is 88.2 cm³/mol. The molecule has 1 aliphatic rings. The van der Waals surface area contributed by atoms with Crippen LogP contribution in [0.5, 0.6) is 0 Å². The summed E-state index contributed by atoms with van der Waals surface area (Å²) in [5.74, 6) is 2.61. The summed E-state index contributed by atoms with van der Waals surface area (Å²) in [4.78, 5) is 11.2. The van der Waals surface area contributed by atoms with Gasteiger partial charge in [0.1, 0.15) is 6.26 Å². The van der Waals surface area contributed by atoms with Gasteiger partial charge in [-0.15, -0.1) is 0 Å². The lowest BCUT2D eigenvalue weighted by molar-refractivity contribution is 0.172. The van der Waals surface area contributed by atoms with Crippen LogP contribution in [0, 0.1) is 6.92 Å². The van der Waals surface area contributed by atoms with Gasteiger partial charge in [0.2, 0.25) is 11.7 Å². The van der Waals surface area contributed by atoms with Crippen LogP contribution >= 0.6 is 0 Å². The summed E-state index contributed by atoms with van der Waals surface area (Å²) in [5.41, 5.74) is 2.17. The number of aromatic nitrogens is 3. The minimum atomic E-state index is 0.418. The van der Waals surface area contributed by atoms with Crippen molar-refractivity contribution in [1.29, 1.82) is 0 Å².